The Hall–Kier alpha value is -16.1. The fourth-order valence-corrected chi connectivity index (χ4v) is 19.7. The van der Waals surface area contributed by atoms with E-state index in [0.29, 0.717) is 180 Å². The van der Waals surface area contributed by atoms with Crippen LogP contribution in [-0.4, -0.2) is 232 Å². The molecule has 9 N–H and O–H groups in total. The van der Waals surface area contributed by atoms with Crippen molar-refractivity contribution in [1.29, 1.82) is 0 Å². The molecule has 0 saturated heterocycles. The van der Waals surface area contributed by atoms with Crippen LogP contribution in [0.1, 0.15) is 154 Å². The Labute approximate surface area is 820 Å². The molecule has 21 rings (SSSR count). The minimum atomic E-state index is -0.592. The number of aromatic nitrogens is 9. The standard InChI is InChI=1S/C25H23NO7.C21H22N2O7.C19H17FN2O5.2C19H18N2O6/c1-30-19-8-15(7-16(11-28)24(19)31-2)20-21-17(12-32-25(21)29)9-18-22(20)23(26-33-18)14-5-3-13(10-27)4-6-14;1-27-14-6-10(4-11(7-24)19(14)28-2)16-17-12(9-30-21(17)26)5-13-18(16)22-15(8-25)23-20(13)29-3;1-25-13-6-9(3-4-12(13)20)15-16-10(8-27-19(16)24)5-11-17(15)21-14(7-23)22-18(11)26-2;1-25-13-4-3-9(6-12(13)23)15-16-10(8-27-19(16)24)5-11-17(15)20-14(7-22)21-18(11)26-2;1-25-13-6-9(3-4-12(13)23)15-16-10(8-27-19(16)24)5-11-17(15)20-14(7-22)21-18(11)26-2/h3-8,20,27-28H,9-12H2,1-2H3;4,6,16,24-25H,5,7-9H2,1-3H3;3-4,6,15,23H,5,7-8H2,1-2H3;2*3-4,6,15,22-23H,5,7-8H2,1-2H3. The van der Waals surface area contributed by atoms with Gasteiger partial charge < -0.3 is 126 Å². The molecule has 144 heavy (non-hydrogen) atoms. The van der Waals surface area contributed by atoms with E-state index in [1.165, 1.54) is 90.3 Å². The Bertz CT molecular complexity index is 6950. The quantitative estimate of drug-likeness (QED) is 0.0204. The maximum absolute atomic E-state index is 13.9. The summed E-state index contributed by atoms with van der Waals surface area (Å²) < 4.78 is 105. The first-order valence-electron chi connectivity index (χ1n) is 45.0. The number of phenolic OH excluding ortho intramolecular Hbond substituents is 2. The lowest BCUT2D eigenvalue weighted by molar-refractivity contribution is -0.137. The molecule has 748 valence electrons. The predicted molar refractivity (Wildman–Crippen MR) is 497 cm³/mol. The highest BCUT2D eigenvalue weighted by Gasteiger charge is 2.49. The number of halogens is 1. The van der Waals surface area contributed by atoms with E-state index in [1.54, 1.807) is 60.7 Å². The summed E-state index contributed by atoms with van der Waals surface area (Å²) in [6.07, 6.45) is 2.15. The molecule has 10 aliphatic rings. The number of aromatic hydroxyl groups is 2. The van der Waals surface area contributed by atoms with Gasteiger partial charge in [0.1, 0.15) is 70.9 Å². The lowest BCUT2D eigenvalue weighted by atomic mass is 9.76. The molecule has 11 aromatic rings. The third-order valence-corrected chi connectivity index (χ3v) is 26.1. The summed E-state index contributed by atoms with van der Waals surface area (Å²) in [6.45, 7) is -1.06. The average Bonchev–Trinajstić information content (AvgIpc) is 1.64. The van der Waals surface area contributed by atoms with Gasteiger partial charge in [0.05, 0.1) is 172 Å². The number of benzene rings is 6. The van der Waals surface area contributed by atoms with Gasteiger partial charge in [0.2, 0.25) is 23.5 Å². The summed E-state index contributed by atoms with van der Waals surface area (Å²) in [6, 6.07) is 28.7. The van der Waals surface area contributed by atoms with E-state index >= 15 is 0 Å². The molecule has 10 heterocycles. The summed E-state index contributed by atoms with van der Waals surface area (Å²) in [4.78, 5) is 97.6. The number of carbonyl (C=O) groups is 5. The van der Waals surface area contributed by atoms with Crippen molar-refractivity contribution in [2.45, 2.75) is 108 Å². The second-order valence-electron chi connectivity index (χ2n) is 33.8. The van der Waals surface area contributed by atoms with Gasteiger partial charge in [-0.05, 0) is 122 Å². The van der Waals surface area contributed by atoms with Crippen LogP contribution in [-0.2, 0) is 126 Å². The molecule has 0 radical (unpaired) electrons. The number of fused-ring (bicyclic) bond motifs is 5. The van der Waals surface area contributed by atoms with E-state index in [4.69, 9.17) is 80.3 Å². The molecule has 5 atom stereocenters. The predicted octanol–water partition coefficient (Wildman–Crippen LogP) is 8.05. The highest BCUT2D eigenvalue weighted by molar-refractivity contribution is 5.99. The van der Waals surface area contributed by atoms with Gasteiger partial charge in [-0.15, -0.1) is 0 Å². The van der Waals surface area contributed by atoms with Gasteiger partial charge in [-0.25, -0.2) is 48.3 Å². The number of carbonyl (C=O) groups excluding carboxylic acids is 5. The number of methoxy groups -OCH3 is 11. The van der Waals surface area contributed by atoms with Crippen LogP contribution in [0.2, 0.25) is 0 Å². The molecule has 5 unspecified atom stereocenters. The maximum Gasteiger partial charge on any atom is 0.335 e. The molecule has 0 amide bonds. The Balaban J connectivity index is 0.000000124. The van der Waals surface area contributed by atoms with Gasteiger partial charge in [-0.3, -0.25) is 0 Å². The van der Waals surface area contributed by atoms with Crippen molar-refractivity contribution in [1.82, 2.24) is 45.0 Å². The smallest absolute Gasteiger partial charge is 0.335 e. The van der Waals surface area contributed by atoms with Crippen molar-refractivity contribution >= 4 is 29.8 Å². The zero-order valence-electron chi connectivity index (χ0n) is 79.6. The zero-order chi connectivity index (χ0) is 102. The summed E-state index contributed by atoms with van der Waals surface area (Å²) in [5, 5.41) is 91.9. The Morgan fingerprint density at radius 1 is 0.319 bits per heavy atom. The summed E-state index contributed by atoms with van der Waals surface area (Å²) >= 11 is 0. The first-order chi connectivity index (χ1) is 69.8. The molecule has 0 fully saturated rings. The second-order valence-corrected chi connectivity index (χ2v) is 33.8. The molecule has 5 aliphatic carbocycles. The highest BCUT2D eigenvalue weighted by Crippen LogP contribution is 2.55. The fraction of sp³-hybridized carbons (Fsp3) is 0.320. The minimum absolute atomic E-state index is 0.00296. The molecular formula is C103H98FN9O31. The first kappa shape index (κ1) is 99.5. The third-order valence-electron chi connectivity index (χ3n) is 26.1. The van der Waals surface area contributed by atoms with Crippen LogP contribution in [0.25, 0.3) is 11.3 Å². The number of cyclic esters (lactones) is 5. The van der Waals surface area contributed by atoms with Crippen molar-refractivity contribution in [2.75, 3.05) is 111 Å². The Morgan fingerprint density at radius 2 is 0.653 bits per heavy atom. The minimum Gasteiger partial charge on any atom is -0.504 e. The van der Waals surface area contributed by atoms with Gasteiger partial charge in [-0.2, -0.15) is 19.9 Å². The molecule has 0 saturated carbocycles. The number of rotatable bonds is 24. The Kier molecular flexibility index (Phi) is 29.3. The van der Waals surface area contributed by atoms with E-state index in [2.05, 4.69) is 45.0 Å². The fourth-order valence-electron chi connectivity index (χ4n) is 19.7. The van der Waals surface area contributed by atoms with E-state index < -0.39 is 59.3 Å². The molecule has 5 aromatic heterocycles. The topological polar surface area (TPSA) is 544 Å². The zero-order valence-corrected chi connectivity index (χ0v) is 79.6. The monoisotopic (exact) mass is 1980 g/mol. The lowest BCUT2D eigenvalue weighted by Gasteiger charge is -2.27. The SMILES string of the molecule is COc1cc(C2C3=C(COC3=O)Cc3c(OC)nc(CO)nc32)cc(CO)c1OC.COc1cc(C2C3=C(COC3=O)Cc3c(OC)nc(CO)nc32)ccc1F.COc1cc(C2C3=C(COC3=O)Cc3c(OC)nc(CO)nc32)ccc1O.COc1cc(C2C3=C(COC3=O)Cc3onc(-c4ccc(CO)cc4)c32)cc(CO)c1OC.COc1ccc(C2C3=C(COC3=O)Cc3c(OC)nc(CO)nc32)cc1O. The number of hydrogen-bond acceptors (Lipinski definition) is 40. The van der Waals surface area contributed by atoms with Crippen LogP contribution in [0.3, 0.4) is 0 Å². The van der Waals surface area contributed by atoms with Crippen LogP contribution < -0.4 is 52.1 Å². The van der Waals surface area contributed by atoms with E-state index in [1.807, 2.05) is 30.3 Å². The van der Waals surface area contributed by atoms with Crippen molar-refractivity contribution in [2.24, 2.45) is 0 Å². The van der Waals surface area contributed by atoms with Crippen molar-refractivity contribution in [3.63, 3.8) is 0 Å². The normalized spacial score (nSPS) is 17.7. The number of aliphatic hydroxyl groups excluding tert-OH is 7. The van der Waals surface area contributed by atoms with E-state index in [-0.39, 0.29) is 132 Å². The van der Waals surface area contributed by atoms with Gasteiger partial charge >= 0.3 is 29.8 Å². The Morgan fingerprint density at radius 3 is 1.00 bits per heavy atom. The van der Waals surface area contributed by atoms with Crippen molar-refractivity contribution in [3.05, 3.63) is 289 Å². The first-order valence-corrected chi connectivity index (χ1v) is 45.0. The summed E-state index contributed by atoms with van der Waals surface area (Å²) in [5.74, 6) is -0.0731. The molecule has 6 aromatic carbocycles. The van der Waals surface area contributed by atoms with Gasteiger partial charge in [-0.1, -0.05) is 47.6 Å². The lowest BCUT2D eigenvalue weighted by Crippen LogP contribution is -2.22. The number of nitrogens with zero attached hydrogens (tertiary/aromatic N) is 9. The largest absolute Gasteiger partial charge is 0.504 e. The number of esters is 5. The van der Waals surface area contributed by atoms with Crippen molar-refractivity contribution < 1.29 is 155 Å². The molecule has 41 heteroatoms. The second kappa shape index (κ2) is 42.4. The molecule has 0 spiro atoms. The van der Waals surface area contributed by atoms with Crippen LogP contribution in [0.15, 0.2) is 163 Å². The highest BCUT2D eigenvalue weighted by atomic mass is 19.1. The number of hydrogen-bond donors (Lipinski definition) is 9. The number of ether oxygens (including phenoxy) is 16. The average molecular weight is 1980 g/mol. The molecule has 40 nitrogen and oxygen atoms in total. The summed E-state index contributed by atoms with van der Waals surface area (Å²) in [7, 11) is 16.3. The van der Waals surface area contributed by atoms with Crippen LogP contribution >= 0.6 is 0 Å². The molecule has 5 aliphatic heterocycles. The van der Waals surface area contributed by atoms with Crippen LogP contribution in [0, 0.1) is 5.82 Å². The number of phenols is 2. The molecule has 0 bridgehead atoms. The summed E-state index contributed by atoms with van der Waals surface area (Å²) in [5.41, 5.74) is 19.4. The van der Waals surface area contributed by atoms with Crippen LogP contribution in [0.4, 0.5) is 4.39 Å². The maximum atomic E-state index is 13.9. The van der Waals surface area contributed by atoms with E-state index in [9.17, 15) is 74.3 Å². The van der Waals surface area contributed by atoms with Crippen LogP contribution in [0.5, 0.6) is 75.3 Å². The van der Waals surface area contributed by atoms with Gasteiger partial charge in [0, 0.05) is 82.5 Å². The third kappa shape index (κ3) is 18.4. The van der Waals surface area contributed by atoms with Gasteiger partial charge in [0.25, 0.3) is 0 Å². The van der Waals surface area contributed by atoms with Gasteiger partial charge in [0.15, 0.2) is 80.9 Å². The number of aliphatic hydroxyl groups is 7. The van der Waals surface area contributed by atoms with E-state index in [0.717, 1.165) is 72.4 Å². The molecular weight excluding hydrogens is 1880 g/mol. The van der Waals surface area contributed by atoms with Crippen molar-refractivity contribution in [3.8, 4) is 86.5 Å².